The van der Waals surface area contributed by atoms with Gasteiger partial charge in [0.15, 0.2) is 0 Å². The minimum atomic E-state index is -0.499. The van der Waals surface area contributed by atoms with Gasteiger partial charge in [0.2, 0.25) is 0 Å². The smallest absolute Gasteiger partial charge is 0.323 e. The van der Waals surface area contributed by atoms with Crippen molar-refractivity contribution in [2.24, 2.45) is 5.73 Å². The minimum absolute atomic E-state index is 0.113. The zero-order valence-electron chi connectivity index (χ0n) is 11.3. The predicted molar refractivity (Wildman–Crippen MR) is 79.2 cm³/mol. The van der Waals surface area contributed by atoms with Crippen molar-refractivity contribution >= 4 is 17.7 Å². The number of nitrogens with two attached hydrogens (primary N) is 1. The number of hydrogen-bond acceptors (Lipinski definition) is 4. The number of hydrogen-bond donors (Lipinski definition) is 1. The summed E-state index contributed by atoms with van der Waals surface area (Å²) in [5.74, 6) is 0.619. The van der Waals surface area contributed by atoms with Crippen LogP contribution in [0.3, 0.4) is 0 Å². The van der Waals surface area contributed by atoms with Crippen molar-refractivity contribution in [3.63, 3.8) is 0 Å². The van der Waals surface area contributed by atoms with Gasteiger partial charge in [-0.25, -0.2) is 0 Å². The summed E-state index contributed by atoms with van der Waals surface area (Å²) in [6.07, 6.45) is 5.61. The fourth-order valence-electron chi connectivity index (χ4n) is 2.42. The number of carbonyl (C=O) groups excluding carboxylic acids is 1. The van der Waals surface area contributed by atoms with Crippen molar-refractivity contribution in [2.75, 3.05) is 12.0 Å². The average Bonchev–Trinajstić information content (AvgIpc) is 2.45. The molecule has 0 aromatic heterocycles. The lowest BCUT2D eigenvalue weighted by molar-refractivity contribution is -0.151. The van der Waals surface area contributed by atoms with Crippen molar-refractivity contribution in [1.82, 2.24) is 0 Å². The predicted octanol–water partition coefficient (Wildman–Crippen LogP) is 2.69. The molecule has 4 heteroatoms. The average molecular weight is 279 g/mol. The van der Waals surface area contributed by atoms with E-state index in [-0.39, 0.29) is 12.1 Å². The Bertz CT molecular complexity index is 436. The van der Waals surface area contributed by atoms with Crippen LogP contribution in [-0.4, -0.2) is 24.0 Å². The van der Waals surface area contributed by atoms with E-state index in [0.717, 1.165) is 30.6 Å². The number of fused-ring (bicyclic) bond motifs is 1. The lowest BCUT2D eigenvalue weighted by Gasteiger charge is -2.26. The number of thioether (sulfide) groups is 1. The molecule has 2 N–H and O–H groups in total. The largest absolute Gasteiger partial charge is 0.456 e. The number of benzene rings is 1. The molecular weight excluding hydrogens is 258 g/mol. The monoisotopic (exact) mass is 279 g/mol. The number of carbonyl (C=O) groups is 1. The van der Waals surface area contributed by atoms with Gasteiger partial charge in [-0.05, 0) is 48.8 Å². The molecule has 1 unspecified atom stereocenters. The fraction of sp³-hybridized carbons (Fsp3) is 0.533. The van der Waals surface area contributed by atoms with E-state index < -0.39 is 6.04 Å². The second kappa shape index (κ2) is 6.96. The third kappa shape index (κ3) is 3.74. The van der Waals surface area contributed by atoms with Crippen LogP contribution in [0.2, 0.25) is 0 Å². The Hall–Kier alpha value is -1.00. The summed E-state index contributed by atoms with van der Waals surface area (Å²) in [6, 6.07) is 7.70. The van der Waals surface area contributed by atoms with Gasteiger partial charge in [0.05, 0.1) is 0 Å². The van der Waals surface area contributed by atoms with Crippen molar-refractivity contribution < 1.29 is 9.53 Å². The summed E-state index contributed by atoms with van der Waals surface area (Å²) in [5.41, 5.74) is 8.30. The molecule has 2 rings (SSSR count). The molecule has 0 heterocycles. The van der Waals surface area contributed by atoms with E-state index in [1.807, 2.05) is 18.4 Å². The highest BCUT2D eigenvalue weighted by Gasteiger charge is 2.25. The molecule has 1 aliphatic carbocycles. The lowest BCUT2D eigenvalue weighted by Crippen LogP contribution is -2.34. The first-order valence-corrected chi connectivity index (χ1v) is 8.14. The molecule has 19 heavy (non-hydrogen) atoms. The number of aryl methyl sites for hydroxylation is 1. The third-order valence-corrected chi connectivity index (χ3v) is 4.15. The summed E-state index contributed by atoms with van der Waals surface area (Å²) >= 11 is 1.69. The third-order valence-electron chi connectivity index (χ3n) is 3.51. The molecule has 1 aromatic rings. The van der Waals surface area contributed by atoms with Gasteiger partial charge in [0, 0.05) is 0 Å². The van der Waals surface area contributed by atoms with Crippen LogP contribution >= 0.6 is 11.8 Å². The normalized spacial score (nSPS) is 19.6. The zero-order chi connectivity index (χ0) is 13.7. The van der Waals surface area contributed by atoms with Crippen LogP contribution in [0.25, 0.3) is 0 Å². The summed E-state index contributed by atoms with van der Waals surface area (Å²) in [4.78, 5) is 12.0. The second-order valence-corrected chi connectivity index (χ2v) is 5.89. The first kappa shape index (κ1) is 14.4. The van der Waals surface area contributed by atoms with Gasteiger partial charge in [-0.1, -0.05) is 24.3 Å². The molecule has 0 aliphatic heterocycles. The van der Waals surface area contributed by atoms with E-state index in [0.29, 0.717) is 6.42 Å². The van der Waals surface area contributed by atoms with Crippen molar-refractivity contribution in [1.29, 1.82) is 0 Å². The highest BCUT2D eigenvalue weighted by molar-refractivity contribution is 7.98. The summed E-state index contributed by atoms with van der Waals surface area (Å²) < 4.78 is 5.60. The Morgan fingerprint density at radius 1 is 1.53 bits per heavy atom. The summed E-state index contributed by atoms with van der Waals surface area (Å²) in [7, 11) is 0. The Labute approximate surface area is 118 Å². The van der Waals surface area contributed by atoms with Gasteiger partial charge in [-0.15, -0.1) is 0 Å². The van der Waals surface area contributed by atoms with E-state index >= 15 is 0 Å². The summed E-state index contributed by atoms with van der Waals surface area (Å²) in [5, 5.41) is 0. The van der Waals surface area contributed by atoms with Crippen LogP contribution in [0.4, 0.5) is 0 Å². The molecule has 1 aliphatic rings. The molecule has 0 saturated heterocycles. The number of rotatable bonds is 5. The minimum Gasteiger partial charge on any atom is -0.456 e. The van der Waals surface area contributed by atoms with Gasteiger partial charge in [-0.3, -0.25) is 4.79 Å². The van der Waals surface area contributed by atoms with Crippen LogP contribution in [0, 0.1) is 0 Å². The number of ether oxygens (including phenoxy) is 1. The van der Waals surface area contributed by atoms with E-state index in [1.165, 1.54) is 5.56 Å². The quantitative estimate of drug-likeness (QED) is 0.842. The number of esters is 1. The van der Waals surface area contributed by atoms with E-state index in [1.54, 1.807) is 11.8 Å². The highest BCUT2D eigenvalue weighted by atomic mass is 32.2. The van der Waals surface area contributed by atoms with Gasteiger partial charge >= 0.3 is 5.97 Å². The molecule has 0 radical (unpaired) electrons. The van der Waals surface area contributed by atoms with Crippen molar-refractivity contribution in [3.8, 4) is 0 Å². The Morgan fingerprint density at radius 2 is 2.32 bits per heavy atom. The molecule has 1 aromatic carbocycles. The first-order valence-electron chi connectivity index (χ1n) is 6.75. The van der Waals surface area contributed by atoms with Gasteiger partial charge in [-0.2, -0.15) is 11.8 Å². The van der Waals surface area contributed by atoms with Gasteiger partial charge < -0.3 is 10.5 Å². The molecule has 0 fully saturated rings. The maximum atomic E-state index is 12.0. The van der Waals surface area contributed by atoms with Crippen LogP contribution in [0.15, 0.2) is 24.3 Å². The lowest BCUT2D eigenvalue weighted by atomic mass is 9.89. The molecule has 2 atom stereocenters. The summed E-state index contributed by atoms with van der Waals surface area (Å²) in [6.45, 7) is 0. The molecule has 0 spiro atoms. The maximum Gasteiger partial charge on any atom is 0.323 e. The Morgan fingerprint density at radius 3 is 3.11 bits per heavy atom. The molecule has 0 amide bonds. The zero-order valence-corrected chi connectivity index (χ0v) is 12.1. The van der Waals surface area contributed by atoms with E-state index in [4.69, 9.17) is 10.5 Å². The topological polar surface area (TPSA) is 52.3 Å². The Kier molecular flexibility index (Phi) is 5.28. The molecule has 104 valence electrons. The Balaban J connectivity index is 1.98. The standard InChI is InChI=1S/C15H21NO2S/c1-19-10-9-13(16)15(17)18-14-8-4-6-11-5-2-3-7-12(11)14/h2-3,5,7,13-14H,4,6,8-10,16H2,1H3/t13-,14?/m1/s1. The van der Waals surface area contributed by atoms with Crippen molar-refractivity contribution in [3.05, 3.63) is 35.4 Å². The van der Waals surface area contributed by atoms with Crippen LogP contribution in [-0.2, 0) is 16.0 Å². The first-order chi connectivity index (χ1) is 9.22. The van der Waals surface area contributed by atoms with Gasteiger partial charge in [0.1, 0.15) is 12.1 Å². The molecular formula is C15H21NO2S. The molecule has 0 bridgehead atoms. The fourth-order valence-corrected chi connectivity index (χ4v) is 2.91. The maximum absolute atomic E-state index is 12.0. The highest BCUT2D eigenvalue weighted by Crippen LogP contribution is 2.32. The molecule has 3 nitrogen and oxygen atoms in total. The van der Waals surface area contributed by atoms with Crippen LogP contribution in [0.1, 0.15) is 36.5 Å². The van der Waals surface area contributed by atoms with Gasteiger partial charge in [0.25, 0.3) is 0 Å². The second-order valence-electron chi connectivity index (χ2n) is 4.90. The van der Waals surface area contributed by atoms with E-state index in [9.17, 15) is 4.79 Å². The SMILES string of the molecule is CSCC[C@@H](N)C(=O)OC1CCCc2ccccc21. The van der Waals surface area contributed by atoms with E-state index in [2.05, 4.69) is 12.1 Å². The van der Waals surface area contributed by atoms with Crippen LogP contribution in [0.5, 0.6) is 0 Å². The van der Waals surface area contributed by atoms with Crippen molar-refractivity contribution in [2.45, 2.75) is 37.8 Å². The molecule has 0 saturated carbocycles. The van der Waals surface area contributed by atoms with Crippen LogP contribution < -0.4 is 5.73 Å².